The molecule has 0 saturated carbocycles. The lowest BCUT2D eigenvalue weighted by Gasteiger charge is -2.07. The number of esters is 1. The molecule has 0 saturated heterocycles. The zero-order valence-electron chi connectivity index (χ0n) is 13.3. The van der Waals surface area contributed by atoms with E-state index in [1.54, 1.807) is 30.3 Å². The van der Waals surface area contributed by atoms with Crippen LogP contribution in [0.5, 0.6) is 0 Å². The van der Waals surface area contributed by atoms with E-state index in [0.717, 1.165) is 0 Å². The second-order valence-corrected chi connectivity index (χ2v) is 6.04. The number of rotatable bonds is 6. The van der Waals surface area contributed by atoms with E-state index in [2.05, 4.69) is 15.0 Å². The standard InChI is InChI=1S/C18H13FN2O4S/c19-13-5-3-12(4-6-13)10-14(15-2-1-9-26-15)18(23)24-11-17(22)20-16-7-8-25-21-16/h1-10H,11H2,(H,20,21,22)/b14-10+. The number of hydrogen-bond acceptors (Lipinski definition) is 6. The normalized spacial score (nSPS) is 11.2. The van der Waals surface area contributed by atoms with Crippen LogP contribution in [0.15, 0.2) is 58.6 Å². The van der Waals surface area contributed by atoms with Crippen LogP contribution in [-0.2, 0) is 14.3 Å². The van der Waals surface area contributed by atoms with Crippen LogP contribution in [0.1, 0.15) is 10.4 Å². The van der Waals surface area contributed by atoms with Crippen molar-refractivity contribution in [3.05, 3.63) is 70.4 Å². The smallest absolute Gasteiger partial charge is 0.340 e. The number of carbonyl (C=O) groups excluding carboxylic acids is 2. The van der Waals surface area contributed by atoms with Crippen molar-refractivity contribution in [2.45, 2.75) is 0 Å². The number of anilines is 1. The maximum Gasteiger partial charge on any atom is 0.340 e. The Morgan fingerprint density at radius 1 is 1.23 bits per heavy atom. The lowest BCUT2D eigenvalue weighted by molar-refractivity contribution is -0.141. The highest BCUT2D eigenvalue weighted by Gasteiger charge is 2.17. The van der Waals surface area contributed by atoms with E-state index < -0.39 is 18.5 Å². The van der Waals surface area contributed by atoms with Crippen molar-refractivity contribution in [2.75, 3.05) is 11.9 Å². The third-order valence-corrected chi connectivity index (χ3v) is 4.13. The molecule has 0 fully saturated rings. The SMILES string of the molecule is O=C(COC(=O)/C(=C/c1ccc(F)cc1)c1cccs1)Nc1ccon1. The van der Waals surface area contributed by atoms with Gasteiger partial charge in [-0.3, -0.25) is 4.79 Å². The number of thiophene rings is 1. The molecule has 0 bridgehead atoms. The van der Waals surface area contributed by atoms with Crippen LogP contribution in [-0.4, -0.2) is 23.6 Å². The van der Waals surface area contributed by atoms with Crippen LogP contribution in [0.25, 0.3) is 11.6 Å². The molecule has 0 aliphatic carbocycles. The molecule has 0 aliphatic rings. The van der Waals surface area contributed by atoms with Gasteiger partial charge in [-0.05, 0) is 35.2 Å². The van der Waals surface area contributed by atoms with E-state index in [1.165, 1.54) is 35.8 Å². The summed E-state index contributed by atoms with van der Waals surface area (Å²) in [4.78, 5) is 24.9. The van der Waals surface area contributed by atoms with Crippen LogP contribution in [0.4, 0.5) is 10.2 Å². The molecular formula is C18H13FN2O4S. The van der Waals surface area contributed by atoms with Crippen molar-refractivity contribution in [1.82, 2.24) is 5.16 Å². The highest BCUT2D eigenvalue weighted by atomic mass is 32.1. The summed E-state index contributed by atoms with van der Waals surface area (Å²) in [5, 5.41) is 7.78. The molecule has 8 heteroatoms. The Bertz CT molecular complexity index is 903. The summed E-state index contributed by atoms with van der Waals surface area (Å²) < 4.78 is 22.7. The molecule has 1 amide bonds. The molecule has 1 aromatic carbocycles. The molecule has 0 atom stereocenters. The molecule has 3 aromatic rings. The highest BCUT2D eigenvalue weighted by molar-refractivity contribution is 7.11. The van der Waals surface area contributed by atoms with Gasteiger partial charge in [0.25, 0.3) is 5.91 Å². The van der Waals surface area contributed by atoms with E-state index in [-0.39, 0.29) is 17.2 Å². The third-order valence-electron chi connectivity index (χ3n) is 3.23. The molecule has 0 aliphatic heterocycles. The molecular weight excluding hydrogens is 359 g/mol. The molecule has 0 unspecified atom stereocenters. The number of amides is 1. The van der Waals surface area contributed by atoms with Crippen LogP contribution < -0.4 is 5.32 Å². The Balaban J connectivity index is 1.71. The van der Waals surface area contributed by atoms with Crippen molar-refractivity contribution in [3.63, 3.8) is 0 Å². The predicted octanol–water partition coefficient (Wildman–Crippen LogP) is 3.60. The lowest BCUT2D eigenvalue weighted by Crippen LogP contribution is -2.21. The third kappa shape index (κ3) is 4.64. The summed E-state index contributed by atoms with van der Waals surface area (Å²) in [6, 6.07) is 10.7. The number of nitrogens with one attached hydrogen (secondary N) is 1. The van der Waals surface area contributed by atoms with Gasteiger partial charge in [-0.15, -0.1) is 11.3 Å². The minimum atomic E-state index is -0.660. The van der Waals surface area contributed by atoms with Crippen molar-refractivity contribution in [2.24, 2.45) is 0 Å². The molecule has 3 rings (SSSR count). The first-order chi connectivity index (χ1) is 12.6. The maximum absolute atomic E-state index is 13.1. The Hall–Kier alpha value is -3.26. The predicted molar refractivity (Wildman–Crippen MR) is 94.7 cm³/mol. The Morgan fingerprint density at radius 2 is 2.04 bits per heavy atom. The molecule has 1 N–H and O–H groups in total. The van der Waals surface area contributed by atoms with Gasteiger partial charge in [-0.1, -0.05) is 23.4 Å². The highest BCUT2D eigenvalue weighted by Crippen LogP contribution is 2.24. The second-order valence-electron chi connectivity index (χ2n) is 5.10. The second kappa shape index (κ2) is 8.21. The molecule has 0 radical (unpaired) electrons. The summed E-state index contributed by atoms with van der Waals surface area (Å²) in [6.45, 7) is -0.474. The minimum Gasteiger partial charge on any atom is -0.452 e. The van der Waals surface area contributed by atoms with Gasteiger partial charge in [0.1, 0.15) is 12.1 Å². The Labute approximate surface area is 151 Å². The number of benzene rings is 1. The summed E-state index contributed by atoms with van der Waals surface area (Å²) >= 11 is 1.35. The molecule has 2 aromatic heterocycles. The molecule has 6 nitrogen and oxygen atoms in total. The van der Waals surface area contributed by atoms with Gasteiger partial charge in [-0.2, -0.15) is 0 Å². The van der Waals surface area contributed by atoms with Gasteiger partial charge >= 0.3 is 5.97 Å². The van der Waals surface area contributed by atoms with Gasteiger partial charge in [0.15, 0.2) is 12.4 Å². The topological polar surface area (TPSA) is 81.4 Å². The summed E-state index contributed by atoms with van der Waals surface area (Å²) in [7, 11) is 0. The van der Waals surface area contributed by atoms with E-state index in [1.807, 2.05) is 5.38 Å². The summed E-state index contributed by atoms with van der Waals surface area (Å²) in [6.07, 6.45) is 2.89. The first-order valence-corrected chi connectivity index (χ1v) is 8.38. The monoisotopic (exact) mass is 372 g/mol. The first kappa shape index (κ1) is 17.6. The molecule has 0 spiro atoms. The van der Waals surface area contributed by atoms with E-state index in [0.29, 0.717) is 10.4 Å². The number of ether oxygens (including phenoxy) is 1. The Kier molecular flexibility index (Phi) is 5.55. The van der Waals surface area contributed by atoms with Crippen molar-refractivity contribution >= 4 is 40.7 Å². The average molecular weight is 372 g/mol. The average Bonchev–Trinajstić information content (AvgIpc) is 3.33. The number of nitrogens with zero attached hydrogens (tertiary/aromatic N) is 1. The van der Waals surface area contributed by atoms with Crippen LogP contribution >= 0.6 is 11.3 Å². The zero-order valence-corrected chi connectivity index (χ0v) is 14.2. The molecule has 26 heavy (non-hydrogen) atoms. The zero-order chi connectivity index (χ0) is 18.4. The minimum absolute atomic E-state index is 0.228. The van der Waals surface area contributed by atoms with Crippen LogP contribution in [0.3, 0.4) is 0 Å². The fourth-order valence-electron chi connectivity index (χ4n) is 2.05. The molecule has 2 heterocycles. The largest absolute Gasteiger partial charge is 0.452 e. The van der Waals surface area contributed by atoms with E-state index in [9.17, 15) is 14.0 Å². The van der Waals surface area contributed by atoms with Gasteiger partial charge in [-0.25, -0.2) is 9.18 Å². The number of carbonyl (C=O) groups is 2. The first-order valence-electron chi connectivity index (χ1n) is 7.50. The lowest BCUT2D eigenvalue weighted by atomic mass is 10.1. The fraction of sp³-hybridized carbons (Fsp3) is 0.0556. The van der Waals surface area contributed by atoms with Crippen molar-refractivity contribution < 1.29 is 23.2 Å². The number of halogens is 1. The number of hydrogen-bond donors (Lipinski definition) is 1. The van der Waals surface area contributed by atoms with E-state index in [4.69, 9.17) is 4.74 Å². The molecule has 132 valence electrons. The van der Waals surface area contributed by atoms with Gasteiger partial charge < -0.3 is 14.6 Å². The van der Waals surface area contributed by atoms with Gasteiger partial charge in [0.05, 0.1) is 5.57 Å². The summed E-state index contributed by atoms with van der Waals surface area (Å²) in [5.74, 6) is -1.34. The maximum atomic E-state index is 13.1. The number of aromatic nitrogens is 1. The summed E-state index contributed by atoms with van der Waals surface area (Å²) in [5.41, 5.74) is 0.916. The van der Waals surface area contributed by atoms with Crippen molar-refractivity contribution in [3.8, 4) is 0 Å². The van der Waals surface area contributed by atoms with Crippen LogP contribution in [0, 0.1) is 5.82 Å². The van der Waals surface area contributed by atoms with Gasteiger partial charge in [0.2, 0.25) is 0 Å². The quantitative estimate of drug-likeness (QED) is 0.528. The van der Waals surface area contributed by atoms with Crippen LogP contribution in [0.2, 0.25) is 0 Å². The van der Waals surface area contributed by atoms with E-state index >= 15 is 0 Å². The Morgan fingerprint density at radius 3 is 2.69 bits per heavy atom. The fourth-order valence-corrected chi connectivity index (χ4v) is 2.78. The van der Waals surface area contributed by atoms with Crippen molar-refractivity contribution in [1.29, 1.82) is 0 Å². The van der Waals surface area contributed by atoms with Gasteiger partial charge in [0, 0.05) is 10.9 Å².